The summed E-state index contributed by atoms with van der Waals surface area (Å²) in [5.74, 6) is 1.70. The maximum absolute atomic E-state index is 13.4. The molecule has 2 aromatic rings. The van der Waals surface area contributed by atoms with E-state index in [1.165, 1.54) is 0 Å². The van der Waals surface area contributed by atoms with Crippen LogP contribution in [-0.4, -0.2) is 31.6 Å². The Hall–Kier alpha value is -1.24. The zero-order valence-corrected chi connectivity index (χ0v) is 16.8. The lowest BCUT2D eigenvalue weighted by Crippen LogP contribution is -2.34. The van der Waals surface area contributed by atoms with Crippen LogP contribution in [0.15, 0.2) is 33.8 Å². The van der Waals surface area contributed by atoms with Crippen LogP contribution in [0.5, 0.6) is 0 Å². The van der Waals surface area contributed by atoms with E-state index in [0.717, 1.165) is 40.2 Å². The van der Waals surface area contributed by atoms with Crippen molar-refractivity contribution < 1.29 is 12.8 Å². The highest BCUT2D eigenvalue weighted by Crippen LogP contribution is 2.37. The van der Waals surface area contributed by atoms with Gasteiger partial charge in [0.05, 0.1) is 16.4 Å². The molecule has 25 heavy (non-hydrogen) atoms. The number of hydrogen-bond acceptors (Lipinski definition) is 4. The van der Waals surface area contributed by atoms with E-state index in [9.17, 15) is 8.42 Å². The highest BCUT2D eigenvalue weighted by Gasteiger charge is 2.32. The van der Waals surface area contributed by atoms with E-state index in [2.05, 4.69) is 6.07 Å². The zero-order valence-electron chi connectivity index (χ0n) is 15.2. The highest BCUT2D eigenvalue weighted by atomic mass is 32.2. The van der Waals surface area contributed by atoms with Gasteiger partial charge in [0.15, 0.2) is 0 Å². The van der Waals surface area contributed by atoms with E-state index in [-0.39, 0.29) is 5.25 Å². The Morgan fingerprint density at radius 1 is 1.12 bits per heavy atom. The second-order valence-corrected chi connectivity index (χ2v) is 9.84. The second kappa shape index (κ2) is 7.17. The number of aryl methyl sites for hydroxylation is 2. The molecule has 0 radical (unpaired) electrons. The van der Waals surface area contributed by atoms with Gasteiger partial charge in [0.2, 0.25) is 10.0 Å². The summed E-state index contributed by atoms with van der Waals surface area (Å²) in [5.41, 5.74) is 3.78. The molecule has 1 aliphatic rings. The van der Waals surface area contributed by atoms with E-state index >= 15 is 0 Å². The molecular formula is C19H25NO3S2. The molecule has 1 atom stereocenters. The van der Waals surface area contributed by atoms with E-state index < -0.39 is 10.0 Å². The van der Waals surface area contributed by atoms with Crippen LogP contribution in [-0.2, 0) is 10.0 Å². The molecule has 1 unspecified atom stereocenters. The Balaban J connectivity index is 1.91. The molecule has 6 heteroatoms. The van der Waals surface area contributed by atoms with Crippen LogP contribution in [0.4, 0.5) is 0 Å². The summed E-state index contributed by atoms with van der Waals surface area (Å²) in [4.78, 5) is 0.492. The molecule has 0 amide bonds. The summed E-state index contributed by atoms with van der Waals surface area (Å²) in [6.45, 7) is 8.83. The predicted octanol–water partition coefficient (Wildman–Crippen LogP) is 4.38. The SMILES string of the molecule is Cc1cc(C)c(C)c(S(=O)(=O)N2CCSC(c3ccco3)CC2)c1C. The van der Waals surface area contributed by atoms with Gasteiger partial charge in [-0.15, -0.1) is 11.8 Å². The molecule has 0 aliphatic carbocycles. The molecule has 3 rings (SSSR count). The minimum Gasteiger partial charge on any atom is -0.468 e. The first-order valence-electron chi connectivity index (χ1n) is 8.55. The normalized spacial score (nSPS) is 19.8. The number of hydrogen-bond donors (Lipinski definition) is 0. The van der Waals surface area contributed by atoms with Crippen molar-refractivity contribution in [3.63, 3.8) is 0 Å². The van der Waals surface area contributed by atoms with Gasteiger partial charge in [-0.05, 0) is 68.5 Å². The first kappa shape index (κ1) is 18.5. The molecule has 2 heterocycles. The van der Waals surface area contributed by atoms with Gasteiger partial charge in [0.1, 0.15) is 5.76 Å². The largest absolute Gasteiger partial charge is 0.468 e. The lowest BCUT2D eigenvalue weighted by Gasteiger charge is -2.24. The van der Waals surface area contributed by atoms with Crippen molar-refractivity contribution in [3.05, 3.63) is 52.5 Å². The number of benzene rings is 1. The minimum atomic E-state index is -3.49. The third kappa shape index (κ3) is 3.52. The summed E-state index contributed by atoms with van der Waals surface area (Å²) < 4.78 is 33.9. The van der Waals surface area contributed by atoms with Crippen molar-refractivity contribution in [1.82, 2.24) is 4.31 Å². The van der Waals surface area contributed by atoms with Crippen molar-refractivity contribution in [2.45, 2.75) is 44.3 Å². The molecule has 4 nitrogen and oxygen atoms in total. The maximum Gasteiger partial charge on any atom is 0.243 e. The monoisotopic (exact) mass is 379 g/mol. The number of furan rings is 1. The Morgan fingerprint density at radius 2 is 1.80 bits per heavy atom. The fourth-order valence-electron chi connectivity index (χ4n) is 3.39. The topological polar surface area (TPSA) is 50.5 Å². The number of sulfonamides is 1. The third-order valence-corrected chi connectivity index (χ3v) is 8.52. The fraction of sp³-hybridized carbons (Fsp3) is 0.474. The number of rotatable bonds is 3. The van der Waals surface area contributed by atoms with E-state index in [1.807, 2.05) is 39.8 Å². The van der Waals surface area contributed by atoms with E-state index in [0.29, 0.717) is 18.0 Å². The van der Waals surface area contributed by atoms with Gasteiger partial charge in [-0.2, -0.15) is 4.31 Å². The molecule has 1 aromatic heterocycles. The first-order valence-corrected chi connectivity index (χ1v) is 11.0. The van der Waals surface area contributed by atoms with Crippen LogP contribution in [0.3, 0.4) is 0 Å². The summed E-state index contributed by atoms with van der Waals surface area (Å²) in [5, 5.41) is 0.219. The standard InChI is InChI=1S/C19H25NO3S2/c1-13-12-14(2)16(4)19(15(13)3)25(21,22)20-8-7-18(24-11-9-20)17-6-5-10-23-17/h5-6,10,12,18H,7-9,11H2,1-4H3. The van der Waals surface area contributed by atoms with Crippen LogP contribution in [0.2, 0.25) is 0 Å². The van der Waals surface area contributed by atoms with Gasteiger partial charge in [0.25, 0.3) is 0 Å². The summed E-state index contributed by atoms with van der Waals surface area (Å²) in [7, 11) is -3.49. The molecule has 136 valence electrons. The van der Waals surface area contributed by atoms with E-state index in [4.69, 9.17) is 4.42 Å². The number of nitrogens with zero attached hydrogens (tertiary/aromatic N) is 1. The Bertz CT molecular complexity index is 831. The fourth-order valence-corrected chi connectivity index (χ4v) is 6.72. The quantitative estimate of drug-likeness (QED) is 0.794. The summed E-state index contributed by atoms with van der Waals surface area (Å²) in [6, 6.07) is 5.92. The summed E-state index contributed by atoms with van der Waals surface area (Å²) in [6.07, 6.45) is 2.44. The zero-order chi connectivity index (χ0) is 18.2. The minimum absolute atomic E-state index is 0.219. The molecule has 1 fully saturated rings. The van der Waals surface area contributed by atoms with Crippen molar-refractivity contribution in [2.75, 3.05) is 18.8 Å². The molecule has 1 aliphatic heterocycles. The van der Waals surface area contributed by atoms with Crippen LogP contribution in [0.1, 0.15) is 39.7 Å². The van der Waals surface area contributed by atoms with Crippen molar-refractivity contribution in [2.24, 2.45) is 0 Å². The predicted molar refractivity (Wildman–Crippen MR) is 103 cm³/mol. The van der Waals surface area contributed by atoms with Gasteiger partial charge < -0.3 is 4.42 Å². The first-order chi connectivity index (χ1) is 11.8. The van der Waals surface area contributed by atoms with Crippen LogP contribution in [0.25, 0.3) is 0 Å². The maximum atomic E-state index is 13.4. The molecular weight excluding hydrogens is 354 g/mol. The van der Waals surface area contributed by atoms with E-state index in [1.54, 1.807) is 22.3 Å². The Morgan fingerprint density at radius 3 is 2.40 bits per heavy atom. The molecule has 0 N–H and O–H groups in total. The van der Waals surface area contributed by atoms with Gasteiger partial charge in [-0.25, -0.2) is 8.42 Å². The lowest BCUT2D eigenvalue weighted by molar-refractivity contribution is 0.416. The summed E-state index contributed by atoms with van der Waals surface area (Å²) >= 11 is 1.77. The molecule has 1 saturated heterocycles. The Labute approximate surface area is 154 Å². The van der Waals surface area contributed by atoms with Crippen molar-refractivity contribution in [3.8, 4) is 0 Å². The van der Waals surface area contributed by atoms with Crippen LogP contribution < -0.4 is 0 Å². The number of thioether (sulfide) groups is 1. The third-order valence-electron chi connectivity index (χ3n) is 5.06. The molecule has 0 spiro atoms. The molecule has 0 bridgehead atoms. The lowest BCUT2D eigenvalue weighted by atomic mass is 10.0. The Kier molecular flexibility index (Phi) is 5.32. The van der Waals surface area contributed by atoms with Gasteiger partial charge in [0, 0.05) is 18.8 Å². The molecule has 1 aromatic carbocycles. The average molecular weight is 380 g/mol. The van der Waals surface area contributed by atoms with Crippen molar-refractivity contribution >= 4 is 21.8 Å². The van der Waals surface area contributed by atoms with Gasteiger partial charge in [-0.1, -0.05) is 6.07 Å². The van der Waals surface area contributed by atoms with Crippen molar-refractivity contribution in [1.29, 1.82) is 0 Å². The van der Waals surface area contributed by atoms with Gasteiger partial charge in [-0.3, -0.25) is 0 Å². The molecule has 0 saturated carbocycles. The van der Waals surface area contributed by atoms with Gasteiger partial charge >= 0.3 is 0 Å². The second-order valence-electron chi connectivity index (χ2n) is 6.66. The van der Waals surface area contributed by atoms with Crippen LogP contribution >= 0.6 is 11.8 Å². The smallest absolute Gasteiger partial charge is 0.243 e. The van der Waals surface area contributed by atoms with Crippen LogP contribution in [0, 0.1) is 27.7 Å². The highest BCUT2D eigenvalue weighted by molar-refractivity contribution is 7.99. The average Bonchev–Trinajstić information content (AvgIpc) is 2.97.